The zero-order valence-corrected chi connectivity index (χ0v) is 11.0. The molecule has 104 valence electrons. The van der Waals surface area contributed by atoms with Crippen molar-refractivity contribution in [1.82, 2.24) is 0 Å². The van der Waals surface area contributed by atoms with Crippen molar-refractivity contribution in [2.24, 2.45) is 0 Å². The number of amides is 1. The Labute approximate surface area is 112 Å². The Kier molecular flexibility index (Phi) is 5.98. The molecule has 1 aromatic rings. The van der Waals surface area contributed by atoms with Crippen molar-refractivity contribution in [3.8, 4) is 0 Å². The molecule has 1 atom stereocenters. The number of quaternary nitrogens is 2. The summed E-state index contributed by atoms with van der Waals surface area (Å²) in [6.07, 6.45) is -0.114. The monoisotopic (exact) mass is 266 g/mol. The van der Waals surface area contributed by atoms with Crippen molar-refractivity contribution in [2.45, 2.75) is 19.4 Å². The third kappa shape index (κ3) is 5.07. The van der Waals surface area contributed by atoms with Gasteiger partial charge in [0.05, 0.1) is 12.4 Å². The molecule has 0 unspecified atom stereocenters. The minimum atomic E-state index is -1.23. The number of benzene rings is 1. The van der Waals surface area contributed by atoms with E-state index in [1.165, 1.54) is 0 Å². The van der Waals surface area contributed by atoms with E-state index in [4.69, 9.17) is 0 Å². The fraction of sp³-hybridized carbons (Fsp3) is 0.385. The lowest BCUT2D eigenvalue weighted by atomic mass is 10.1. The van der Waals surface area contributed by atoms with E-state index in [1.54, 1.807) is 11.4 Å². The van der Waals surface area contributed by atoms with Crippen molar-refractivity contribution >= 4 is 17.6 Å². The first-order chi connectivity index (χ1) is 9.04. The molecule has 0 fully saturated rings. The summed E-state index contributed by atoms with van der Waals surface area (Å²) in [5, 5.41) is 15.2. The van der Waals surface area contributed by atoms with Gasteiger partial charge in [-0.1, -0.05) is 18.2 Å². The Morgan fingerprint density at radius 1 is 1.42 bits per heavy atom. The Hall–Kier alpha value is -1.92. The predicted octanol–water partition coefficient (Wildman–Crippen LogP) is -2.75. The van der Waals surface area contributed by atoms with E-state index < -0.39 is 12.0 Å². The minimum absolute atomic E-state index is 0.114. The normalized spacial score (nSPS) is 11.9. The van der Waals surface area contributed by atoms with Gasteiger partial charge in [-0.15, -0.1) is 0 Å². The van der Waals surface area contributed by atoms with E-state index in [9.17, 15) is 14.7 Å². The molecular weight excluding hydrogens is 246 g/mol. The van der Waals surface area contributed by atoms with E-state index >= 15 is 0 Å². The largest absolute Gasteiger partial charge is 0.544 e. The van der Waals surface area contributed by atoms with E-state index in [-0.39, 0.29) is 12.3 Å². The van der Waals surface area contributed by atoms with Crippen LogP contribution in [0.1, 0.15) is 12.0 Å². The van der Waals surface area contributed by atoms with Crippen LogP contribution in [0.25, 0.3) is 0 Å². The summed E-state index contributed by atoms with van der Waals surface area (Å²) in [4.78, 5) is 22.7. The second kappa shape index (κ2) is 7.50. The number of carboxylic acids is 1. The lowest BCUT2D eigenvalue weighted by Crippen LogP contribution is -2.95. The molecule has 6 heteroatoms. The zero-order chi connectivity index (χ0) is 14.3. The maximum Gasteiger partial charge on any atom is 0.230 e. The summed E-state index contributed by atoms with van der Waals surface area (Å²) < 4.78 is 0. The van der Waals surface area contributed by atoms with Crippen LogP contribution in [0, 0.1) is 6.92 Å². The highest BCUT2D eigenvalue weighted by Crippen LogP contribution is 2.13. The molecular formula is C13H20N3O3+. The molecule has 0 aliphatic heterocycles. The number of carboxylic acid groups (broad SMARTS) is 1. The van der Waals surface area contributed by atoms with Crippen LogP contribution >= 0.6 is 0 Å². The Morgan fingerprint density at radius 3 is 2.68 bits per heavy atom. The van der Waals surface area contributed by atoms with Gasteiger partial charge in [0.25, 0.3) is 0 Å². The van der Waals surface area contributed by atoms with E-state index in [0.717, 1.165) is 5.56 Å². The van der Waals surface area contributed by atoms with Gasteiger partial charge in [-0.25, -0.2) is 0 Å². The van der Waals surface area contributed by atoms with Crippen molar-refractivity contribution in [2.75, 3.05) is 18.4 Å². The average molecular weight is 266 g/mol. The Morgan fingerprint density at radius 2 is 2.11 bits per heavy atom. The summed E-state index contributed by atoms with van der Waals surface area (Å²) >= 11 is 0. The lowest BCUT2D eigenvalue weighted by Gasteiger charge is -2.16. The minimum Gasteiger partial charge on any atom is -0.544 e. The third-order valence-electron chi connectivity index (χ3n) is 2.78. The maximum atomic E-state index is 11.8. The van der Waals surface area contributed by atoms with Gasteiger partial charge in [0.1, 0.15) is 19.1 Å². The number of aryl methyl sites for hydroxylation is 1. The fourth-order valence-electron chi connectivity index (χ4n) is 1.70. The third-order valence-corrected chi connectivity index (χ3v) is 2.78. The quantitative estimate of drug-likeness (QED) is 0.497. The molecule has 0 saturated carbocycles. The van der Waals surface area contributed by atoms with Crippen molar-refractivity contribution in [3.63, 3.8) is 0 Å². The van der Waals surface area contributed by atoms with Gasteiger partial charge in [-0.2, -0.15) is 0 Å². The number of para-hydroxylation sites is 1. The summed E-state index contributed by atoms with van der Waals surface area (Å²) in [6, 6.07) is 6.47. The smallest absolute Gasteiger partial charge is 0.230 e. The molecule has 19 heavy (non-hydrogen) atoms. The van der Waals surface area contributed by atoms with Gasteiger partial charge in [0.15, 0.2) is 0 Å². The van der Waals surface area contributed by atoms with Crippen LogP contribution < -0.4 is 21.5 Å². The van der Waals surface area contributed by atoms with Gasteiger partial charge < -0.3 is 26.3 Å². The molecule has 6 nitrogen and oxygen atoms in total. The fourth-order valence-corrected chi connectivity index (χ4v) is 1.70. The van der Waals surface area contributed by atoms with Gasteiger partial charge in [-0.3, -0.25) is 4.79 Å². The number of nitrogens with one attached hydrogen (secondary N) is 1. The number of carbonyl (C=O) groups is 2. The molecule has 0 aliphatic rings. The Balaban J connectivity index is 2.58. The number of hydrogen-bond donors (Lipinski definition) is 3. The first-order valence-corrected chi connectivity index (χ1v) is 6.23. The molecule has 0 radical (unpaired) electrons. The summed E-state index contributed by atoms with van der Waals surface area (Å²) in [6.45, 7) is 3.03. The second-order valence-electron chi connectivity index (χ2n) is 4.37. The topological polar surface area (TPSA) is 113 Å². The highest BCUT2D eigenvalue weighted by atomic mass is 16.4. The van der Waals surface area contributed by atoms with E-state index in [0.29, 0.717) is 18.8 Å². The molecule has 6 N–H and O–H groups in total. The number of nitrogens with two attached hydrogens (primary N) is 1. The number of anilines is 1. The van der Waals surface area contributed by atoms with Crippen LogP contribution in [0.2, 0.25) is 0 Å². The molecule has 0 spiro atoms. The average Bonchev–Trinajstić information content (AvgIpc) is 2.37. The van der Waals surface area contributed by atoms with E-state index in [2.05, 4.69) is 11.1 Å². The predicted molar refractivity (Wildman–Crippen MR) is 67.8 cm³/mol. The van der Waals surface area contributed by atoms with E-state index in [1.807, 2.05) is 25.1 Å². The molecule has 0 heterocycles. The van der Waals surface area contributed by atoms with Gasteiger partial charge in [0, 0.05) is 5.69 Å². The molecule has 0 aliphatic carbocycles. The number of aliphatic carboxylic acids is 1. The maximum absolute atomic E-state index is 11.8. The highest BCUT2D eigenvalue weighted by molar-refractivity contribution is 5.93. The first-order valence-electron chi connectivity index (χ1n) is 6.23. The highest BCUT2D eigenvalue weighted by Gasteiger charge is 2.18. The van der Waals surface area contributed by atoms with Crippen LogP contribution in [0.5, 0.6) is 0 Å². The van der Waals surface area contributed by atoms with Crippen LogP contribution in [0.3, 0.4) is 0 Å². The standard InChI is InChI=1S/C13H19N3O3/c1-9-4-2-3-5-10(9)16-12(17)8-11(13(18)19)15-7-6-14/h2-5,11,15H,6-8,14H2,1H3,(H,16,17)(H,18,19)/p+1/t11-/m0/s1. The number of rotatable bonds is 7. The van der Waals surface area contributed by atoms with Crippen molar-refractivity contribution in [3.05, 3.63) is 29.8 Å². The van der Waals surface area contributed by atoms with Crippen molar-refractivity contribution in [1.29, 1.82) is 0 Å². The van der Waals surface area contributed by atoms with Crippen molar-refractivity contribution < 1.29 is 25.7 Å². The summed E-state index contributed by atoms with van der Waals surface area (Å²) in [5.41, 5.74) is 5.26. The Bertz CT molecular complexity index is 449. The van der Waals surface area contributed by atoms with Crippen LogP contribution in [0.4, 0.5) is 5.69 Å². The zero-order valence-electron chi connectivity index (χ0n) is 11.0. The summed E-state index contributed by atoms with van der Waals surface area (Å²) in [5.74, 6) is -1.56. The first kappa shape index (κ1) is 15.1. The van der Waals surface area contributed by atoms with Crippen LogP contribution in [-0.2, 0) is 9.59 Å². The molecule has 0 bridgehead atoms. The molecule has 1 rings (SSSR count). The van der Waals surface area contributed by atoms with Gasteiger partial charge in [-0.05, 0) is 18.6 Å². The van der Waals surface area contributed by atoms with Gasteiger partial charge >= 0.3 is 0 Å². The SMILES string of the molecule is Cc1ccccc1NC(=O)C[C@H]([NH2+]CC[NH3+])C(=O)[O-]. The molecule has 0 aromatic heterocycles. The van der Waals surface area contributed by atoms with Crippen LogP contribution in [0.15, 0.2) is 24.3 Å². The summed E-state index contributed by atoms with van der Waals surface area (Å²) in [7, 11) is 0. The lowest BCUT2D eigenvalue weighted by molar-refractivity contribution is -0.695. The molecule has 0 saturated heterocycles. The number of carbonyl (C=O) groups excluding carboxylic acids is 2. The molecule has 1 aromatic carbocycles. The number of hydrogen-bond acceptors (Lipinski definition) is 3. The second-order valence-corrected chi connectivity index (χ2v) is 4.37. The van der Waals surface area contributed by atoms with Crippen LogP contribution in [-0.4, -0.2) is 31.0 Å². The molecule has 1 amide bonds. The van der Waals surface area contributed by atoms with Gasteiger partial charge in [0.2, 0.25) is 5.91 Å².